The van der Waals surface area contributed by atoms with Crippen molar-refractivity contribution in [2.24, 2.45) is 5.73 Å². The molecule has 0 saturated carbocycles. The number of rotatable bonds is 5. The Morgan fingerprint density at radius 3 is 2.44 bits per heavy atom. The number of amides is 1. The number of halogens is 3. The van der Waals surface area contributed by atoms with Gasteiger partial charge in [0.05, 0.1) is 5.92 Å². The van der Waals surface area contributed by atoms with Crippen LogP contribution in [0.25, 0.3) is 0 Å². The summed E-state index contributed by atoms with van der Waals surface area (Å²) in [5, 5.41) is 9.94. The largest absolute Gasteiger partial charge is 0.573 e. The topological polar surface area (TPSA) is 103 Å². The van der Waals surface area contributed by atoms with Gasteiger partial charge in [-0.25, -0.2) is 0 Å². The van der Waals surface area contributed by atoms with E-state index in [1.165, 1.54) is 19.1 Å². The molecular formula is C16H14F3NO5. The van der Waals surface area contributed by atoms with Crippen LogP contribution in [-0.2, 0) is 4.79 Å². The van der Waals surface area contributed by atoms with E-state index in [0.717, 1.165) is 18.2 Å². The molecule has 6 nitrogen and oxygen atoms in total. The van der Waals surface area contributed by atoms with Crippen molar-refractivity contribution in [1.82, 2.24) is 0 Å². The number of ether oxygens (including phenoxy) is 1. The zero-order chi connectivity index (χ0) is 18.8. The van der Waals surface area contributed by atoms with E-state index in [9.17, 15) is 27.9 Å². The lowest BCUT2D eigenvalue weighted by molar-refractivity contribution is -0.274. The summed E-state index contributed by atoms with van der Waals surface area (Å²) in [6.45, 7) is 1.48. The zero-order valence-corrected chi connectivity index (χ0v) is 13.0. The van der Waals surface area contributed by atoms with E-state index in [0.29, 0.717) is 5.56 Å². The maximum atomic E-state index is 12.2. The SMILES string of the molecule is Cc1cc(=O)c(O)c([C@H](CC(N)=O)c2ccc(OC(F)(F)F)cc2)o1. The second-order valence-electron chi connectivity index (χ2n) is 5.27. The van der Waals surface area contributed by atoms with Crippen LogP contribution in [0, 0.1) is 6.92 Å². The molecule has 1 aromatic heterocycles. The molecule has 2 aromatic rings. The Labute approximate surface area is 139 Å². The standard InChI is InChI=1S/C16H14F3NO5/c1-8-6-12(21)14(23)15(24-8)11(7-13(20)22)9-2-4-10(5-3-9)25-16(17,18)19/h2-6,11,23H,7H2,1H3,(H2,20,22)/t11-/m1/s1. The van der Waals surface area contributed by atoms with E-state index in [1.54, 1.807) is 0 Å². The quantitative estimate of drug-likeness (QED) is 0.856. The summed E-state index contributed by atoms with van der Waals surface area (Å²) in [6.07, 6.45) is -5.16. The van der Waals surface area contributed by atoms with Crippen molar-refractivity contribution in [2.75, 3.05) is 0 Å². The Balaban J connectivity index is 2.45. The second kappa shape index (κ2) is 6.88. The number of hydrogen-bond acceptors (Lipinski definition) is 5. The van der Waals surface area contributed by atoms with Crippen molar-refractivity contribution in [1.29, 1.82) is 0 Å². The summed E-state index contributed by atoms with van der Waals surface area (Å²) < 4.78 is 45.8. The Hall–Kier alpha value is -2.97. The first-order valence-corrected chi connectivity index (χ1v) is 7.04. The smallest absolute Gasteiger partial charge is 0.502 e. The van der Waals surface area contributed by atoms with E-state index in [-0.39, 0.29) is 17.9 Å². The average molecular weight is 357 g/mol. The Morgan fingerprint density at radius 1 is 1.32 bits per heavy atom. The summed E-state index contributed by atoms with van der Waals surface area (Å²) in [4.78, 5) is 23.1. The van der Waals surface area contributed by atoms with Crippen molar-refractivity contribution < 1.29 is 32.2 Å². The molecule has 2 rings (SSSR count). The average Bonchev–Trinajstić information content (AvgIpc) is 2.48. The number of hydrogen-bond donors (Lipinski definition) is 2. The molecule has 0 saturated heterocycles. The van der Waals surface area contributed by atoms with E-state index in [2.05, 4.69) is 4.74 Å². The van der Waals surface area contributed by atoms with Gasteiger partial charge in [0.1, 0.15) is 11.5 Å². The first-order valence-electron chi connectivity index (χ1n) is 7.04. The molecule has 0 aliphatic rings. The first kappa shape index (κ1) is 18.4. The van der Waals surface area contributed by atoms with Crippen molar-refractivity contribution >= 4 is 5.91 Å². The zero-order valence-electron chi connectivity index (χ0n) is 13.0. The van der Waals surface area contributed by atoms with Crippen LogP contribution in [0.4, 0.5) is 13.2 Å². The molecule has 134 valence electrons. The molecule has 0 bridgehead atoms. The second-order valence-corrected chi connectivity index (χ2v) is 5.27. The van der Waals surface area contributed by atoms with Crippen LogP contribution < -0.4 is 15.9 Å². The third kappa shape index (κ3) is 4.75. The summed E-state index contributed by atoms with van der Waals surface area (Å²) in [7, 11) is 0. The highest BCUT2D eigenvalue weighted by molar-refractivity contribution is 5.75. The molecule has 3 N–H and O–H groups in total. The molecule has 25 heavy (non-hydrogen) atoms. The number of nitrogens with two attached hydrogens (primary N) is 1. The van der Waals surface area contributed by atoms with E-state index in [1.807, 2.05) is 0 Å². The van der Waals surface area contributed by atoms with Crippen molar-refractivity contribution in [3.05, 3.63) is 57.6 Å². The number of aryl methyl sites for hydroxylation is 1. The highest BCUT2D eigenvalue weighted by atomic mass is 19.4. The maximum absolute atomic E-state index is 12.2. The molecular weight excluding hydrogens is 343 g/mol. The Kier molecular flexibility index (Phi) is 5.05. The molecule has 1 aromatic carbocycles. The lowest BCUT2D eigenvalue weighted by Crippen LogP contribution is -2.18. The lowest BCUT2D eigenvalue weighted by Gasteiger charge is -2.17. The van der Waals surface area contributed by atoms with Gasteiger partial charge in [0.25, 0.3) is 0 Å². The van der Waals surface area contributed by atoms with Crippen molar-refractivity contribution in [3.63, 3.8) is 0 Å². The lowest BCUT2D eigenvalue weighted by atomic mass is 9.92. The van der Waals surface area contributed by atoms with Gasteiger partial charge in [0.2, 0.25) is 17.1 Å². The molecule has 0 aliphatic carbocycles. The van der Waals surface area contributed by atoms with E-state index in [4.69, 9.17) is 10.2 Å². The van der Waals surface area contributed by atoms with Gasteiger partial charge in [-0.1, -0.05) is 12.1 Å². The molecule has 1 atom stereocenters. The fraction of sp³-hybridized carbons (Fsp3) is 0.250. The molecule has 0 aliphatic heterocycles. The number of benzene rings is 1. The van der Waals surface area contributed by atoms with Gasteiger partial charge in [-0.2, -0.15) is 0 Å². The van der Waals surface area contributed by atoms with Crippen LogP contribution in [0.3, 0.4) is 0 Å². The van der Waals surface area contributed by atoms with Gasteiger partial charge in [-0.3, -0.25) is 9.59 Å². The van der Waals surface area contributed by atoms with E-state index < -0.39 is 35.1 Å². The van der Waals surface area contributed by atoms with Gasteiger partial charge >= 0.3 is 6.36 Å². The summed E-state index contributed by atoms with van der Waals surface area (Å²) in [6, 6.07) is 5.68. The van der Waals surface area contributed by atoms with E-state index >= 15 is 0 Å². The van der Waals surface area contributed by atoms with Crippen LogP contribution in [0.2, 0.25) is 0 Å². The van der Waals surface area contributed by atoms with Crippen LogP contribution in [0.15, 0.2) is 39.5 Å². The van der Waals surface area contributed by atoms with Gasteiger partial charge in [0, 0.05) is 12.5 Å². The third-order valence-electron chi connectivity index (χ3n) is 3.31. The number of carbonyl (C=O) groups is 1. The minimum Gasteiger partial charge on any atom is -0.502 e. The predicted molar refractivity (Wildman–Crippen MR) is 80.2 cm³/mol. The fourth-order valence-corrected chi connectivity index (χ4v) is 2.33. The Bertz CT molecular complexity index is 827. The fourth-order valence-electron chi connectivity index (χ4n) is 2.33. The normalized spacial score (nSPS) is 12.6. The Morgan fingerprint density at radius 2 is 1.92 bits per heavy atom. The summed E-state index contributed by atoms with van der Waals surface area (Å²) >= 11 is 0. The third-order valence-corrected chi connectivity index (χ3v) is 3.31. The van der Waals surface area contributed by atoms with Crippen LogP contribution in [0.5, 0.6) is 11.5 Å². The first-order chi connectivity index (χ1) is 11.6. The van der Waals surface area contributed by atoms with Crippen LogP contribution in [-0.4, -0.2) is 17.4 Å². The highest BCUT2D eigenvalue weighted by Crippen LogP contribution is 2.34. The van der Waals surface area contributed by atoms with Crippen LogP contribution in [0.1, 0.15) is 29.4 Å². The number of primary amides is 1. The van der Waals surface area contributed by atoms with Gasteiger partial charge < -0.3 is 20.0 Å². The minimum atomic E-state index is -4.84. The summed E-state index contributed by atoms with van der Waals surface area (Å²) in [5.41, 5.74) is 4.81. The molecule has 1 amide bonds. The van der Waals surface area contributed by atoms with Crippen LogP contribution >= 0.6 is 0 Å². The number of carbonyl (C=O) groups excluding carboxylic acids is 1. The van der Waals surface area contributed by atoms with Gasteiger partial charge in [-0.15, -0.1) is 13.2 Å². The van der Waals surface area contributed by atoms with Crippen molar-refractivity contribution in [3.8, 4) is 11.5 Å². The molecule has 9 heteroatoms. The minimum absolute atomic E-state index is 0.187. The monoisotopic (exact) mass is 357 g/mol. The number of aromatic hydroxyl groups is 1. The molecule has 0 fully saturated rings. The van der Waals surface area contributed by atoms with Gasteiger partial charge in [-0.05, 0) is 24.6 Å². The predicted octanol–water partition coefficient (Wildman–Crippen LogP) is 2.56. The highest BCUT2D eigenvalue weighted by Gasteiger charge is 2.31. The number of alkyl halides is 3. The van der Waals surface area contributed by atoms with Gasteiger partial charge in [0.15, 0.2) is 5.76 Å². The van der Waals surface area contributed by atoms with Crippen molar-refractivity contribution in [2.45, 2.75) is 25.6 Å². The molecule has 0 unspecified atom stereocenters. The molecule has 1 heterocycles. The maximum Gasteiger partial charge on any atom is 0.573 e. The molecule has 0 spiro atoms. The molecule has 0 radical (unpaired) electrons. The summed E-state index contributed by atoms with van der Waals surface area (Å²) in [5.74, 6) is -2.82.